The van der Waals surface area contributed by atoms with Crippen molar-refractivity contribution in [2.75, 3.05) is 7.05 Å². The van der Waals surface area contributed by atoms with Crippen molar-refractivity contribution in [3.8, 4) is 5.88 Å². The van der Waals surface area contributed by atoms with Gasteiger partial charge in [-0.15, -0.1) is 0 Å². The fourth-order valence-electron chi connectivity index (χ4n) is 2.00. The third-order valence-electron chi connectivity index (χ3n) is 2.83. The Morgan fingerprint density at radius 2 is 2.19 bits per heavy atom. The Bertz CT molecular complexity index is 351. The molecule has 0 saturated heterocycles. The zero-order chi connectivity index (χ0) is 11.4. The van der Waals surface area contributed by atoms with Gasteiger partial charge in [0.15, 0.2) is 0 Å². The van der Waals surface area contributed by atoms with Gasteiger partial charge in [-0.05, 0) is 38.8 Å². The first-order chi connectivity index (χ1) is 7.79. The van der Waals surface area contributed by atoms with Gasteiger partial charge in [0.05, 0.1) is 10.7 Å². The second-order valence-electron chi connectivity index (χ2n) is 4.13. The van der Waals surface area contributed by atoms with E-state index in [9.17, 15) is 0 Å². The summed E-state index contributed by atoms with van der Waals surface area (Å²) in [6.45, 7) is 0.667. The molecule has 1 fully saturated rings. The van der Waals surface area contributed by atoms with Gasteiger partial charge in [-0.3, -0.25) is 0 Å². The molecule has 1 N–H and O–H groups in total. The van der Waals surface area contributed by atoms with E-state index in [0.717, 1.165) is 18.5 Å². The molecule has 0 aromatic carbocycles. The van der Waals surface area contributed by atoms with Crippen LogP contribution in [0.2, 0.25) is 5.02 Å². The molecule has 1 aliphatic carbocycles. The van der Waals surface area contributed by atoms with Crippen molar-refractivity contribution in [2.24, 2.45) is 0 Å². The lowest BCUT2D eigenvalue weighted by Gasteiger charge is -2.13. The summed E-state index contributed by atoms with van der Waals surface area (Å²) in [5.74, 6) is 0.696. The zero-order valence-corrected chi connectivity index (χ0v) is 10.3. The molecule has 1 aromatic heterocycles. The fraction of sp³-hybridized carbons (Fsp3) is 0.583. The predicted octanol–water partition coefficient (Wildman–Crippen LogP) is 2.78. The highest BCUT2D eigenvalue weighted by molar-refractivity contribution is 6.31. The molecule has 2 rings (SSSR count). The number of nitrogens with one attached hydrogen (secondary N) is 1. The summed E-state index contributed by atoms with van der Waals surface area (Å²) in [5, 5.41) is 3.73. The Hall–Kier alpha value is -0.800. The lowest BCUT2D eigenvalue weighted by atomic mass is 10.3. The van der Waals surface area contributed by atoms with Crippen LogP contribution in [0.3, 0.4) is 0 Å². The summed E-state index contributed by atoms with van der Waals surface area (Å²) in [7, 11) is 1.88. The highest BCUT2D eigenvalue weighted by Crippen LogP contribution is 2.24. The van der Waals surface area contributed by atoms with Crippen molar-refractivity contribution < 1.29 is 4.74 Å². The molecule has 0 spiro atoms. The van der Waals surface area contributed by atoms with Crippen molar-refractivity contribution >= 4 is 11.6 Å². The van der Waals surface area contributed by atoms with Crippen LogP contribution in [0, 0.1) is 0 Å². The van der Waals surface area contributed by atoms with Crippen LogP contribution in [0.25, 0.3) is 0 Å². The summed E-state index contributed by atoms with van der Waals surface area (Å²) in [6, 6.07) is 3.70. The Balaban J connectivity index is 2.05. The van der Waals surface area contributed by atoms with Crippen molar-refractivity contribution in [2.45, 2.75) is 38.3 Å². The molecule has 4 heteroatoms. The molecule has 0 bridgehead atoms. The third-order valence-corrected chi connectivity index (χ3v) is 3.17. The predicted molar refractivity (Wildman–Crippen MR) is 64.9 cm³/mol. The van der Waals surface area contributed by atoms with Crippen LogP contribution in [0.1, 0.15) is 31.4 Å². The summed E-state index contributed by atoms with van der Waals surface area (Å²) in [4.78, 5) is 4.41. The van der Waals surface area contributed by atoms with Gasteiger partial charge in [0.2, 0.25) is 5.88 Å². The van der Waals surface area contributed by atoms with Crippen LogP contribution < -0.4 is 10.1 Å². The molecule has 0 unspecified atom stereocenters. The lowest BCUT2D eigenvalue weighted by Crippen LogP contribution is -2.13. The van der Waals surface area contributed by atoms with Gasteiger partial charge in [-0.2, -0.15) is 0 Å². The summed E-state index contributed by atoms with van der Waals surface area (Å²) in [6.07, 6.45) is 5.16. The Morgan fingerprint density at radius 3 is 2.88 bits per heavy atom. The van der Waals surface area contributed by atoms with Gasteiger partial charge in [-0.1, -0.05) is 11.6 Å². The first-order valence-corrected chi connectivity index (χ1v) is 6.14. The van der Waals surface area contributed by atoms with Crippen LogP contribution in [0.5, 0.6) is 5.88 Å². The van der Waals surface area contributed by atoms with E-state index in [1.165, 1.54) is 12.8 Å². The van der Waals surface area contributed by atoms with Crippen molar-refractivity contribution in [1.82, 2.24) is 10.3 Å². The minimum absolute atomic E-state index is 0.344. The van der Waals surface area contributed by atoms with E-state index in [1.54, 1.807) is 0 Å². The van der Waals surface area contributed by atoms with Gasteiger partial charge in [-0.25, -0.2) is 4.98 Å². The molecule has 16 heavy (non-hydrogen) atoms. The van der Waals surface area contributed by atoms with Gasteiger partial charge < -0.3 is 10.1 Å². The Kier molecular flexibility index (Phi) is 4.02. The normalized spacial score (nSPS) is 16.6. The maximum absolute atomic E-state index is 6.03. The maximum Gasteiger partial charge on any atom is 0.213 e. The van der Waals surface area contributed by atoms with E-state index in [4.69, 9.17) is 16.3 Å². The minimum Gasteiger partial charge on any atom is -0.474 e. The summed E-state index contributed by atoms with van der Waals surface area (Å²) < 4.78 is 5.82. The number of rotatable bonds is 4. The Labute approximate surface area is 101 Å². The zero-order valence-electron chi connectivity index (χ0n) is 9.50. The molecule has 0 aliphatic heterocycles. The smallest absolute Gasteiger partial charge is 0.213 e. The standard InChI is InChI=1S/C12H17ClN2O/c1-14-8-11-10(13)6-7-12(15-11)16-9-4-2-3-5-9/h6-7,9,14H,2-5,8H2,1H3. The van der Waals surface area contributed by atoms with Gasteiger partial charge in [0.1, 0.15) is 6.10 Å². The third kappa shape index (κ3) is 2.86. The van der Waals surface area contributed by atoms with E-state index >= 15 is 0 Å². The Morgan fingerprint density at radius 1 is 1.44 bits per heavy atom. The first kappa shape index (κ1) is 11.7. The molecule has 3 nitrogen and oxygen atoms in total. The second-order valence-corrected chi connectivity index (χ2v) is 4.54. The molecule has 0 amide bonds. The largest absolute Gasteiger partial charge is 0.474 e. The molecule has 88 valence electrons. The molecule has 1 heterocycles. The van der Waals surface area contributed by atoms with Gasteiger partial charge in [0, 0.05) is 12.6 Å². The first-order valence-electron chi connectivity index (χ1n) is 5.76. The molecule has 0 atom stereocenters. The van der Waals surface area contributed by atoms with Crippen LogP contribution in [0.4, 0.5) is 0 Å². The molecule has 0 radical (unpaired) electrons. The maximum atomic E-state index is 6.03. The van der Waals surface area contributed by atoms with Crippen molar-refractivity contribution in [3.05, 3.63) is 22.8 Å². The van der Waals surface area contributed by atoms with Crippen molar-refractivity contribution in [3.63, 3.8) is 0 Å². The van der Waals surface area contributed by atoms with E-state index < -0.39 is 0 Å². The number of hydrogen-bond donors (Lipinski definition) is 1. The monoisotopic (exact) mass is 240 g/mol. The minimum atomic E-state index is 0.344. The molecular weight excluding hydrogens is 224 g/mol. The number of pyridine rings is 1. The number of aromatic nitrogens is 1. The van der Waals surface area contributed by atoms with Crippen LogP contribution >= 0.6 is 11.6 Å². The van der Waals surface area contributed by atoms with Crippen LogP contribution in [0.15, 0.2) is 12.1 Å². The van der Waals surface area contributed by atoms with Crippen LogP contribution in [-0.4, -0.2) is 18.1 Å². The SMILES string of the molecule is CNCc1nc(OC2CCCC2)ccc1Cl. The van der Waals surface area contributed by atoms with Crippen LogP contribution in [-0.2, 0) is 6.54 Å². The molecule has 1 saturated carbocycles. The lowest BCUT2D eigenvalue weighted by molar-refractivity contribution is 0.201. The van der Waals surface area contributed by atoms with E-state index in [2.05, 4.69) is 10.3 Å². The quantitative estimate of drug-likeness (QED) is 0.879. The second kappa shape index (κ2) is 5.51. The topological polar surface area (TPSA) is 34.2 Å². The van der Waals surface area contributed by atoms with Gasteiger partial charge in [0.25, 0.3) is 0 Å². The van der Waals surface area contributed by atoms with E-state index in [0.29, 0.717) is 23.6 Å². The number of hydrogen-bond acceptors (Lipinski definition) is 3. The number of ether oxygens (including phenoxy) is 1. The molecular formula is C12H17ClN2O. The van der Waals surface area contributed by atoms with E-state index in [-0.39, 0.29) is 0 Å². The summed E-state index contributed by atoms with van der Waals surface area (Å²) in [5.41, 5.74) is 0.847. The average Bonchev–Trinajstić information content (AvgIpc) is 2.76. The van der Waals surface area contributed by atoms with Gasteiger partial charge >= 0.3 is 0 Å². The highest BCUT2D eigenvalue weighted by atomic mass is 35.5. The van der Waals surface area contributed by atoms with E-state index in [1.807, 2.05) is 19.2 Å². The van der Waals surface area contributed by atoms with Crippen molar-refractivity contribution in [1.29, 1.82) is 0 Å². The number of nitrogens with zero attached hydrogens (tertiary/aromatic N) is 1. The molecule has 1 aromatic rings. The summed E-state index contributed by atoms with van der Waals surface area (Å²) >= 11 is 6.03. The highest BCUT2D eigenvalue weighted by Gasteiger charge is 2.17. The molecule has 1 aliphatic rings. The number of halogens is 1. The average molecular weight is 241 g/mol. The fourth-order valence-corrected chi connectivity index (χ4v) is 2.17.